The Labute approximate surface area is 122 Å². The molecule has 0 saturated carbocycles. The summed E-state index contributed by atoms with van der Waals surface area (Å²) >= 11 is 0. The van der Waals surface area contributed by atoms with E-state index in [0.29, 0.717) is 26.1 Å². The van der Waals surface area contributed by atoms with Gasteiger partial charge < -0.3 is 0 Å². The minimum absolute atomic E-state index is 0.0588. The van der Waals surface area contributed by atoms with E-state index in [2.05, 4.69) is 20.5 Å². The summed E-state index contributed by atoms with van der Waals surface area (Å²) in [5.74, 6) is 0.202. The van der Waals surface area contributed by atoms with Crippen molar-refractivity contribution in [1.82, 2.24) is 34.3 Å². The first-order chi connectivity index (χ1) is 10.1. The molecular formula is C11H17N7O2S. The number of aromatic nitrogens is 6. The molecule has 0 bridgehead atoms. The Hall–Kier alpha value is -1.81. The van der Waals surface area contributed by atoms with Crippen molar-refractivity contribution in [3.05, 3.63) is 24.3 Å². The highest BCUT2D eigenvalue weighted by Crippen LogP contribution is 2.24. The lowest BCUT2D eigenvalue weighted by Crippen LogP contribution is -2.51. The molecule has 1 aliphatic rings. The van der Waals surface area contributed by atoms with E-state index in [9.17, 15) is 8.42 Å². The Morgan fingerprint density at radius 2 is 2.00 bits per heavy atom. The minimum atomic E-state index is -3.10. The molecule has 0 atom stereocenters. The van der Waals surface area contributed by atoms with Crippen molar-refractivity contribution in [1.29, 1.82) is 0 Å². The van der Waals surface area contributed by atoms with Gasteiger partial charge in [-0.3, -0.25) is 0 Å². The molecule has 1 aliphatic heterocycles. The van der Waals surface area contributed by atoms with Gasteiger partial charge >= 0.3 is 0 Å². The molecule has 0 unspecified atom stereocenters. The number of hydrogen-bond donors (Lipinski definition) is 0. The minimum Gasteiger partial charge on any atom is -0.246 e. The summed E-state index contributed by atoms with van der Waals surface area (Å²) in [6.07, 6.45) is 5.66. The highest BCUT2D eigenvalue weighted by atomic mass is 32.2. The predicted molar refractivity (Wildman–Crippen MR) is 73.8 cm³/mol. The topological polar surface area (TPSA) is 98.8 Å². The fraction of sp³-hybridized carbons (Fsp3) is 0.636. The van der Waals surface area contributed by atoms with Crippen LogP contribution in [-0.2, 0) is 16.6 Å². The molecule has 0 aromatic carbocycles. The average Bonchev–Trinajstić information content (AvgIpc) is 2.99. The molecule has 0 aliphatic carbocycles. The largest absolute Gasteiger partial charge is 0.246 e. The maximum absolute atomic E-state index is 11.9. The summed E-state index contributed by atoms with van der Waals surface area (Å²) in [7, 11) is -3.10. The summed E-state index contributed by atoms with van der Waals surface area (Å²) in [5, 5.41) is 16.1. The van der Waals surface area contributed by atoms with E-state index in [-0.39, 0.29) is 11.8 Å². The SMILES string of the molecule is CCCS(=O)(=O)N1CC(n2cc(Cn3nccn3)nn2)C1. The van der Waals surface area contributed by atoms with Crippen LogP contribution in [0.4, 0.5) is 0 Å². The first kappa shape index (κ1) is 14.1. The van der Waals surface area contributed by atoms with Gasteiger partial charge in [-0.15, -0.1) is 5.10 Å². The van der Waals surface area contributed by atoms with Gasteiger partial charge in [-0.1, -0.05) is 12.1 Å². The summed E-state index contributed by atoms with van der Waals surface area (Å²) in [5.41, 5.74) is 0.751. The van der Waals surface area contributed by atoms with Crippen molar-refractivity contribution in [2.45, 2.75) is 25.9 Å². The van der Waals surface area contributed by atoms with Crippen LogP contribution in [0.3, 0.4) is 0 Å². The van der Waals surface area contributed by atoms with Crippen LogP contribution in [0.1, 0.15) is 25.1 Å². The molecule has 1 fully saturated rings. The van der Waals surface area contributed by atoms with E-state index in [1.165, 1.54) is 9.10 Å². The fourth-order valence-corrected chi connectivity index (χ4v) is 3.80. The van der Waals surface area contributed by atoms with Crippen molar-refractivity contribution in [3.63, 3.8) is 0 Å². The molecule has 2 aromatic rings. The highest BCUT2D eigenvalue weighted by molar-refractivity contribution is 7.89. The maximum atomic E-state index is 11.9. The Balaban J connectivity index is 1.59. The average molecular weight is 311 g/mol. The Bertz CT molecular complexity index is 688. The van der Waals surface area contributed by atoms with Crippen molar-refractivity contribution in [3.8, 4) is 0 Å². The van der Waals surface area contributed by atoms with E-state index < -0.39 is 10.0 Å². The lowest BCUT2D eigenvalue weighted by molar-refractivity contribution is 0.189. The zero-order valence-corrected chi connectivity index (χ0v) is 12.5. The lowest BCUT2D eigenvalue weighted by atomic mass is 10.2. The van der Waals surface area contributed by atoms with Gasteiger partial charge in [-0.05, 0) is 6.42 Å². The van der Waals surface area contributed by atoms with Crippen LogP contribution >= 0.6 is 0 Å². The van der Waals surface area contributed by atoms with Crippen LogP contribution in [0.25, 0.3) is 0 Å². The van der Waals surface area contributed by atoms with E-state index in [4.69, 9.17) is 0 Å². The maximum Gasteiger partial charge on any atom is 0.214 e. The van der Waals surface area contributed by atoms with E-state index in [1.807, 2.05) is 13.1 Å². The van der Waals surface area contributed by atoms with Crippen LogP contribution in [0.5, 0.6) is 0 Å². The number of sulfonamides is 1. The smallest absolute Gasteiger partial charge is 0.214 e. The van der Waals surface area contributed by atoms with Crippen LogP contribution in [-0.4, -0.2) is 61.6 Å². The second-order valence-corrected chi connectivity index (χ2v) is 7.12. The van der Waals surface area contributed by atoms with Crippen LogP contribution in [0.2, 0.25) is 0 Å². The third kappa shape index (κ3) is 2.95. The van der Waals surface area contributed by atoms with Gasteiger partial charge in [0.05, 0.1) is 30.4 Å². The van der Waals surface area contributed by atoms with Gasteiger partial charge in [0.2, 0.25) is 10.0 Å². The molecule has 3 rings (SSSR count). The van der Waals surface area contributed by atoms with E-state index in [0.717, 1.165) is 5.69 Å². The zero-order chi connectivity index (χ0) is 14.9. The van der Waals surface area contributed by atoms with Crippen LogP contribution < -0.4 is 0 Å². The summed E-state index contributed by atoms with van der Waals surface area (Å²) in [6, 6.07) is 0.0588. The monoisotopic (exact) mass is 311 g/mol. The highest BCUT2D eigenvalue weighted by Gasteiger charge is 2.36. The number of rotatable bonds is 6. The van der Waals surface area contributed by atoms with Gasteiger partial charge in [0.15, 0.2) is 0 Å². The Morgan fingerprint density at radius 3 is 2.67 bits per heavy atom. The van der Waals surface area contributed by atoms with Gasteiger partial charge in [0.25, 0.3) is 0 Å². The molecule has 114 valence electrons. The molecule has 0 N–H and O–H groups in total. The molecule has 21 heavy (non-hydrogen) atoms. The molecule has 3 heterocycles. The summed E-state index contributed by atoms with van der Waals surface area (Å²) in [4.78, 5) is 1.52. The van der Waals surface area contributed by atoms with Crippen LogP contribution in [0.15, 0.2) is 18.6 Å². The third-order valence-electron chi connectivity index (χ3n) is 3.39. The summed E-state index contributed by atoms with van der Waals surface area (Å²) in [6.45, 7) is 3.25. The molecule has 0 amide bonds. The first-order valence-corrected chi connectivity index (χ1v) is 8.42. The van der Waals surface area contributed by atoms with Crippen molar-refractivity contribution >= 4 is 10.0 Å². The van der Waals surface area contributed by atoms with Gasteiger partial charge in [-0.25, -0.2) is 13.1 Å². The zero-order valence-electron chi connectivity index (χ0n) is 11.7. The number of hydrogen-bond acceptors (Lipinski definition) is 6. The molecule has 0 radical (unpaired) electrons. The van der Waals surface area contributed by atoms with E-state index in [1.54, 1.807) is 17.1 Å². The summed E-state index contributed by atoms with van der Waals surface area (Å²) < 4.78 is 27.0. The molecular weight excluding hydrogens is 294 g/mol. The Morgan fingerprint density at radius 1 is 1.29 bits per heavy atom. The second-order valence-electron chi connectivity index (χ2n) is 5.04. The molecule has 2 aromatic heterocycles. The standard InChI is InChI=1S/C11H17N7O2S/c1-2-5-21(19,20)16-8-11(9-16)17-6-10(14-15-17)7-18-12-3-4-13-18/h3-4,6,11H,2,5,7-9H2,1H3. The Kier molecular flexibility index (Phi) is 3.72. The fourth-order valence-electron chi connectivity index (χ4n) is 2.23. The predicted octanol–water partition coefficient (Wildman–Crippen LogP) is -0.486. The van der Waals surface area contributed by atoms with Gasteiger partial charge in [-0.2, -0.15) is 19.3 Å². The molecule has 9 nitrogen and oxygen atoms in total. The van der Waals surface area contributed by atoms with E-state index >= 15 is 0 Å². The van der Waals surface area contributed by atoms with Crippen LogP contribution in [0, 0.1) is 0 Å². The van der Waals surface area contributed by atoms with Gasteiger partial charge in [0, 0.05) is 13.1 Å². The van der Waals surface area contributed by atoms with Crippen molar-refractivity contribution < 1.29 is 8.42 Å². The number of nitrogens with zero attached hydrogens (tertiary/aromatic N) is 7. The molecule has 0 spiro atoms. The van der Waals surface area contributed by atoms with Crippen molar-refractivity contribution in [2.75, 3.05) is 18.8 Å². The molecule has 10 heteroatoms. The quantitative estimate of drug-likeness (QED) is 0.714. The van der Waals surface area contributed by atoms with Crippen molar-refractivity contribution in [2.24, 2.45) is 0 Å². The van der Waals surface area contributed by atoms with Gasteiger partial charge in [0.1, 0.15) is 12.2 Å². The first-order valence-electron chi connectivity index (χ1n) is 6.81. The third-order valence-corrected chi connectivity index (χ3v) is 5.40. The molecule has 1 saturated heterocycles. The lowest BCUT2D eigenvalue weighted by Gasteiger charge is -2.37. The normalized spacial score (nSPS) is 17.0. The second kappa shape index (κ2) is 5.53.